The predicted octanol–water partition coefficient (Wildman–Crippen LogP) is 3.74. The van der Waals surface area contributed by atoms with Gasteiger partial charge in [-0.1, -0.05) is 81.4 Å². The summed E-state index contributed by atoms with van der Waals surface area (Å²) in [6.45, 7) is 16.4. The van der Waals surface area contributed by atoms with Gasteiger partial charge in [0.1, 0.15) is 18.3 Å². The monoisotopic (exact) mass is 541 g/mol. The standard InChI is InChI=1S/C30H43NO6Si/c1-21(32)31-24-19-33-29(5,6)36-26(24)27-25(35-30(7,8)37-27)20-34-38(28(2,3)4,22-15-11-9-12-16-22)23-17-13-10-14-18-23/h9-18,24-27H,19-20H2,1-8H3,(H,31,32)/t24-,25-,26-,27-/m1/s1. The number of rotatable bonds is 7. The average molecular weight is 542 g/mol. The Hall–Kier alpha value is -2.07. The average Bonchev–Trinajstić information content (AvgIpc) is 3.15. The quantitative estimate of drug-likeness (QED) is 0.539. The Kier molecular flexibility index (Phi) is 8.24. The molecule has 0 aliphatic carbocycles. The van der Waals surface area contributed by atoms with E-state index in [2.05, 4.69) is 74.6 Å². The van der Waals surface area contributed by atoms with Crippen molar-refractivity contribution in [1.29, 1.82) is 0 Å². The highest BCUT2D eigenvalue weighted by molar-refractivity contribution is 6.99. The van der Waals surface area contributed by atoms with Crippen LogP contribution in [-0.2, 0) is 28.2 Å². The van der Waals surface area contributed by atoms with Gasteiger partial charge in [0.05, 0.1) is 19.3 Å². The first-order chi connectivity index (χ1) is 17.7. The molecule has 7 nitrogen and oxygen atoms in total. The molecule has 38 heavy (non-hydrogen) atoms. The third-order valence-electron chi connectivity index (χ3n) is 7.24. The summed E-state index contributed by atoms with van der Waals surface area (Å²) in [6, 6.07) is 20.7. The fourth-order valence-electron chi connectivity index (χ4n) is 5.75. The Morgan fingerprint density at radius 3 is 1.92 bits per heavy atom. The van der Waals surface area contributed by atoms with E-state index in [9.17, 15) is 4.79 Å². The number of ether oxygens (including phenoxy) is 4. The highest BCUT2D eigenvalue weighted by Crippen LogP contribution is 2.40. The van der Waals surface area contributed by atoms with Crippen LogP contribution in [0.25, 0.3) is 0 Å². The van der Waals surface area contributed by atoms with Gasteiger partial charge in [0, 0.05) is 6.92 Å². The number of nitrogens with one attached hydrogen (secondary N) is 1. The van der Waals surface area contributed by atoms with Crippen LogP contribution in [0.1, 0.15) is 55.4 Å². The van der Waals surface area contributed by atoms with Gasteiger partial charge in [-0.15, -0.1) is 0 Å². The first-order valence-corrected chi connectivity index (χ1v) is 15.3. The van der Waals surface area contributed by atoms with E-state index in [0.29, 0.717) is 13.2 Å². The molecule has 0 spiro atoms. The van der Waals surface area contributed by atoms with Crippen LogP contribution in [0.5, 0.6) is 0 Å². The number of benzene rings is 2. The summed E-state index contributed by atoms with van der Waals surface area (Å²) in [7, 11) is -2.78. The molecule has 208 valence electrons. The van der Waals surface area contributed by atoms with Crippen LogP contribution in [0.15, 0.2) is 60.7 Å². The van der Waals surface area contributed by atoms with Crippen molar-refractivity contribution in [2.75, 3.05) is 13.2 Å². The summed E-state index contributed by atoms with van der Waals surface area (Å²) in [6.07, 6.45) is -1.36. The van der Waals surface area contributed by atoms with Crippen molar-refractivity contribution in [2.24, 2.45) is 0 Å². The minimum atomic E-state index is -2.78. The third-order valence-corrected chi connectivity index (χ3v) is 12.2. The topological polar surface area (TPSA) is 75.3 Å². The van der Waals surface area contributed by atoms with Gasteiger partial charge in [0.15, 0.2) is 11.6 Å². The zero-order valence-electron chi connectivity index (χ0n) is 23.9. The minimum absolute atomic E-state index is 0.148. The lowest BCUT2D eigenvalue weighted by atomic mass is 9.99. The first kappa shape index (κ1) is 28.9. The van der Waals surface area contributed by atoms with E-state index in [1.165, 1.54) is 17.3 Å². The molecule has 2 aliphatic heterocycles. The molecule has 4 rings (SSSR count). The summed E-state index contributed by atoms with van der Waals surface area (Å²) in [5.41, 5.74) is 0. The van der Waals surface area contributed by atoms with Gasteiger partial charge < -0.3 is 28.7 Å². The molecule has 4 atom stereocenters. The van der Waals surface area contributed by atoms with Crippen LogP contribution in [-0.4, -0.2) is 63.4 Å². The van der Waals surface area contributed by atoms with Gasteiger partial charge in [-0.2, -0.15) is 0 Å². The Labute approximate surface area is 228 Å². The van der Waals surface area contributed by atoms with Gasteiger partial charge >= 0.3 is 0 Å². The zero-order chi connectivity index (χ0) is 27.8. The van der Waals surface area contributed by atoms with E-state index in [-0.39, 0.29) is 17.0 Å². The first-order valence-electron chi connectivity index (χ1n) is 13.4. The van der Waals surface area contributed by atoms with E-state index in [1.54, 1.807) is 0 Å². The predicted molar refractivity (Wildman–Crippen MR) is 150 cm³/mol. The van der Waals surface area contributed by atoms with E-state index in [1.807, 2.05) is 39.8 Å². The van der Waals surface area contributed by atoms with E-state index < -0.39 is 38.2 Å². The van der Waals surface area contributed by atoms with Crippen LogP contribution in [0, 0.1) is 0 Å². The molecule has 2 saturated heterocycles. The number of carbonyl (C=O) groups excluding carboxylic acids is 1. The fraction of sp³-hybridized carbons (Fsp3) is 0.567. The smallest absolute Gasteiger partial charge is 0.261 e. The molecule has 1 amide bonds. The van der Waals surface area contributed by atoms with Crippen LogP contribution < -0.4 is 15.7 Å². The molecule has 0 saturated carbocycles. The maximum atomic E-state index is 12.0. The van der Waals surface area contributed by atoms with E-state index >= 15 is 0 Å². The summed E-state index contributed by atoms with van der Waals surface area (Å²) in [5, 5.41) is 5.22. The second-order valence-corrected chi connectivity index (χ2v) is 16.5. The number of hydrogen-bond donors (Lipinski definition) is 1. The van der Waals surface area contributed by atoms with Gasteiger partial charge in [0.25, 0.3) is 8.32 Å². The van der Waals surface area contributed by atoms with Gasteiger partial charge in [0.2, 0.25) is 5.91 Å². The second-order valence-electron chi connectivity index (χ2n) is 12.2. The molecule has 0 bridgehead atoms. The van der Waals surface area contributed by atoms with Crippen molar-refractivity contribution in [3.05, 3.63) is 60.7 Å². The van der Waals surface area contributed by atoms with Gasteiger partial charge in [-0.3, -0.25) is 4.79 Å². The SMILES string of the molecule is CC(=O)N[C@@H]1COC(C)(C)O[C@H]1[C@@H]1OC(C)(C)O[C@@H]1CO[Si](c1ccccc1)(c1ccccc1)C(C)(C)C. The molecule has 2 fully saturated rings. The van der Waals surface area contributed by atoms with Crippen molar-refractivity contribution in [1.82, 2.24) is 5.32 Å². The molecule has 2 heterocycles. The molecule has 2 aromatic carbocycles. The molecule has 0 radical (unpaired) electrons. The Morgan fingerprint density at radius 1 is 0.895 bits per heavy atom. The number of hydrogen-bond acceptors (Lipinski definition) is 6. The summed E-state index contributed by atoms with van der Waals surface area (Å²) in [5.74, 6) is -1.80. The molecule has 0 aromatic heterocycles. The Bertz CT molecular complexity index is 1050. The van der Waals surface area contributed by atoms with Gasteiger partial charge in [-0.05, 0) is 43.1 Å². The van der Waals surface area contributed by atoms with Crippen LogP contribution >= 0.6 is 0 Å². The lowest BCUT2D eigenvalue weighted by Crippen LogP contribution is -2.67. The molecule has 1 N–H and O–H groups in total. The number of amides is 1. The fourth-order valence-corrected chi connectivity index (χ4v) is 10.3. The third kappa shape index (κ3) is 6.06. The molecule has 2 aliphatic rings. The second kappa shape index (κ2) is 10.8. The highest BCUT2D eigenvalue weighted by atomic mass is 28.4. The molecule has 2 aromatic rings. The Morgan fingerprint density at radius 2 is 1.42 bits per heavy atom. The van der Waals surface area contributed by atoms with E-state index in [4.69, 9.17) is 23.4 Å². The maximum absolute atomic E-state index is 12.0. The maximum Gasteiger partial charge on any atom is 0.261 e. The van der Waals surface area contributed by atoms with Crippen molar-refractivity contribution in [3.8, 4) is 0 Å². The zero-order valence-corrected chi connectivity index (χ0v) is 24.9. The normalized spacial score (nSPS) is 27.2. The van der Waals surface area contributed by atoms with Crippen molar-refractivity contribution < 1.29 is 28.2 Å². The van der Waals surface area contributed by atoms with Crippen LogP contribution in [0.3, 0.4) is 0 Å². The molecular formula is C30H43NO6Si. The lowest BCUT2D eigenvalue weighted by molar-refractivity contribution is -0.302. The largest absolute Gasteiger partial charge is 0.405 e. The number of carbonyl (C=O) groups is 1. The van der Waals surface area contributed by atoms with Crippen molar-refractivity contribution in [2.45, 2.75) is 96.4 Å². The molecule has 0 unspecified atom stereocenters. The lowest BCUT2D eigenvalue weighted by Gasteiger charge is -2.45. The summed E-state index contributed by atoms with van der Waals surface area (Å²) in [4.78, 5) is 12.0. The van der Waals surface area contributed by atoms with Crippen LogP contribution in [0.2, 0.25) is 5.04 Å². The summed E-state index contributed by atoms with van der Waals surface area (Å²) >= 11 is 0. The molecule has 8 heteroatoms. The van der Waals surface area contributed by atoms with Gasteiger partial charge in [-0.25, -0.2) is 0 Å². The Balaban J connectivity index is 1.71. The van der Waals surface area contributed by atoms with E-state index in [0.717, 1.165) is 0 Å². The van der Waals surface area contributed by atoms with Crippen molar-refractivity contribution in [3.63, 3.8) is 0 Å². The van der Waals surface area contributed by atoms with Crippen molar-refractivity contribution >= 4 is 24.6 Å². The minimum Gasteiger partial charge on any atom is -0.405 e. The highest BCUT2D eigenvalue weighted by Gasteiger charge is 2.55. The summed E-state index contributed by atoms with van der Waals surface area (Å²) < 4.78 is 32.3. The van der Waals surface area contributed by atoms with Crippen LogP contribution in [0.4, 0.5) is 0 Å². The molecular weight excluding hydrogens is 498 g/mol.